The lowest BCUT2D eigenvalue weighted by Gasteiger charge is -2.32. The van der Waals surface area contributed by atoms with E-state index in [2.05, 4.69) is 27.8 Å². The van der Waals surface area contributed by atoms with E-state index < -0.39 is 5.97 Å². The standard InChI is InChI=1S/C11H17BrN2O3/c1-8(12)6-13-11(17)14-4-2-3-9(7-14)5-10(15)16/h9H,1-7H2,(H,13,17)(H,15,16). The molecule has 1 aliphatic rings. The van der Waals surface area contributed by atoms with Gasteiger partial charge in [-0.2, -0.15) is 0 Å². The number of carboxylic acids is 1. The lowest BCUT2D eigenvalue weighted by atomic mass is 9.95. The fraction of sp³-hybridized carbons (Fsp3) is 0.636. The first-order chi connectivity index (χ1) is 7.99. The Hall–Kier alpha value is -1.04. The van der Waals surface area contributed by atoms with E-state index in [4.69, 9.17) is 5.11 Å². The number of hydrogen-bond donors (Lipinski definition) is 2. The molecule has 0 aromatic heterocycles. The maximum atomic E-state index is 11.7. The summed E-state index contributed by atoms with van der Waals surface area (Å²) in [6, 6.07) is -0.152. The minimum atomic E-state index is -0.800. The molecule has 0 aromatic carbocycles. The highest BCUT2D eigenvalue weighted by Gasteiger charge is 2.24. The number of carboxylic acid groups (broad SMARTS) is 1. The van der Waals surface area contributed by atoms with Crippen LogP contribution in [-0.4, -0.2) is 41.6 Å². The number of carbonyl (C=O) groups excluding carboxylic acids is 1. The summed E-state index contributed by atoms with van der Waals surface area (Å²) >= 11 is 3.17. The van der Waals surface area contributed by atoms with Gasteiger partial charge in [-0.05, 0) is 18.8 Å². The van der Waals surface area contributed by atoms with Gasteiger partial charge in [-0.25, -0.2) is 4.79 Å². The second kappa shape index (κ2) is 6.64. The number of halogens is 1. The predicted octanol–water partition coefficient (Wildman–Crippen LogP) is 1.79. The molecule has 0 aromatic rings. The molecule has 5 nitrogen and oxygen atoms in total. The molecule has 2 N–H and O–H groups in total. The number of rotatable bonds is 4. The number of nitrogens with one attached hydrogen (secondary N) is 1. The van der Waals surface area contributed by atoms with Gasteiger partial charge in [0.1, 0.15) is 0 Å². The topological polar surface area (TPSA) is 69.6 Å². The average molecular weight is 305 g/mol. The van der Waals surface area contributed by atoms with E-state index in [-0.39, 0.29) is 18.4 Å². The van der Waals surface area contributed by atoms with Crippen LogP contribution in [0.4, 0.5) is 4.79 Å². The summed E-state index contributed by atoms with van der Waals surface area (Å²) in [5, 5.41) is 11.4. The Morgan fingerprint density at radius 1 is 1.53 bits per heavy atom. The van der Waals surface area contributed by atoms with E-state index in [0.717, 1.165) is 12.8 Å². The Balaban J connectivity index is 2.40. The molecule has 0 saturated carbocycles. The number of aliphatic carboxylic acids is 1. The van der Waals surface area contributed by atoms with Gasteiger partial charge in [-0.1, -0.05) is 22.5 Å². The molecule has 1 fully saturated rings. The molecule has 1 rings (SSSR count). The van der Waals surface area contributed by atoms with Gasteiger partial charge in [0.2, 0.25) is 0 Å². The van der Waals surface area contributed by atoms with Crippen molar-refractivity contribution in [3.05, 3.63) is 11.1 Å². The SMILES string of the molecule is C=C(Br)CNC(=O)N1CCCC(CC(=O)O)C1. The van der Waals surface area contributed by atoms with Crippen molar-refractivity contribution < 1.29 is 14.7 Å². The minimum absolute atomic E-state index is 0.0687. The van der Waals surface area contributed by atoms with Crippen LogP contribution in [0.2, 0.25) is 0 Å². The van der Waals surface area contributed by atoms with Crippen molar-refractivity contribution in [2.45, 2.75) is 19.3 Å². The molecule has 0 spiro atoms. The van der Waals surface area contributed by atoms with E-state index in [0.29, 0.717) is 24.1 Å². The fourth-order valence-electron chi connectivity index (χ4n) is 1.95. The van der Waals surface area contributed by atoms with E-state index in [9.17, 15) is 9.59 Å². The van der Waals surface area contributed by atoms with Crippen molar-refractivity contribution in [2.24, 2.45) is 5.92 Å². The van der Waals surface area contributed by atoms with Crippen LogP contribution in [0, 0.1) is 5.92 Å². The average Bonchev–Trinajstić information content (AvgIpc) is 2.25. The summed E-state index contributed by atoms with van der Waals surface area (Å²) < 4.78 is 0.713. The number of urea groups is 1. The highest BCUT2D eigenvalue weighted by atomic mass is 79.9. The van der Waals surface area contributed by atoms with Gasteiger partial charge in [0.25, 0.3) is 0 Å². The number of amides is 2. The molecule has 1 atom stereocenters. The largest absolute Gasteiger partial charge is 0.481 e. The highest BCUT2D eigenvalue weighted by Crippen LogP contribution is 2.19. The van der Waals surface area contributed by atoms with Crippen molar-refractivity contribution in [3.8, 4) is 0 Å². The normalized spacial score (nSPS) is 19.8. The first-order valence-electron chi connectivity index (χ1n) is 5.57. The summed E-state index contributed by atoms with van der Waals surface area (Å²) in [6.07, 6.45) is 1.87. The molecule has 0 bridgehead atoms. The molecule has 1 aliphatic heterocycles. The molecular formula is C11H17BrN2O3. The number of carbonyl (C=O) groups is 2. The Morgan fingerprint density at radius 2 is 2.24 bits per heavy atom. The zero-order valence-electron chi connectivity index (χ0n) is 9.62. The van der Waals surface area contributed by atoms with Crippen molar-refractivity contribution in [2.75, 3.05) is 19.6 Å². The summed E-state index contributed by atoms with van der Waals surface area (Å²) in [4.78, 5) is 24.0. The van der Waals surface area contributed by atoms with Gasteiger partial charge in [0, 0.05) is 24.0 Å². The fourth-order valence-corrected chi connectivity index (χ4v) is 2.09. The highest BCUT2D eigenvalue weighted by molar-refractivity contribution is 9.11. The van der Waals surface area contributed by atoms with Crippen LogP contribution in [0.5, 0.6) is 0 Å². The van der Waals surface area contributed by atoms with Crippen LogP contribution >= 0.6 is 15.9 Å². The number of piperidine rings is 1. The van der Waals surface area contributed by atoms with E-state index in [1.54, 1.807) is 4.90 Å². The lowest BCUT2D eigenvalue weighted by molar-refractivity contribution is -0.138. The number of likely N-dealkylation sites (tertiary alicyclic amines) is 1. The zero-order chi connectivity index (χ0) is 12.8. The van der Waals surface area contributed by atoms with Gasteiger partial charge < -0.3 is 15.3 Å². The molecule has 17 heavy (non-hydrogen) atoms. The Kier molecular flexibility index (Phi) is 5.47. The van der Waals surface area contributed by atoms with E-state index in [1.165, 1.54) is 0 Å². The molecular weight excluding hydrogens is 288 g/mol. The monoisotopic (exact) mass is 304 g/mol. The molecule has 2 amide bonds. The summed E-state index contributed by atoms with van der Waals surface area (Å²) in [5.41, 5.74) is 0. The van der Waals surface area contributed by atoms with Crippen molar-refractivity contribution in [1.29, 1.82) is 0 Å². The lowest BCUT2D eigenvalue weighted by Crippen LogP contribution is -2.46. The molecule has 1 saturated heterocycles. The third kappa shape index (κ3) is 5.21. The number of hydrogen-bond acceptors (Lipinski definition) is 2. The van der Waals surface area contributed by atoms with Crippen LogP contribution in [0.3, 0.4) is 0 Å². The second-order valence-corrected chi connectivity index (χ2v) is 5.35. The van der Waals surface area contributed by atoms with Crippen LogP contribution in [0.1, 0.15) is 19.3 Å². The van der Waals surface area contributed by atoms with Crippen LogP contribution in [-0.2, 0) is 4.79 Å². The van der Waals surface area contributed by atoms with Gasteiger partial charge >= 0.3 is 12.0 Å². The third-order valence-corrected chi connectivity index (χ3v) is 2.98. The van der Waals surface area contributed by atoms with Gasteiger partial charge in [-0.3, -0.25) is 4.79 Å². The Bertz CT molecular complexity index is 320. The maximum Gasteiger partial charge on any atom is 0.317 e. The van der Waals surface area contributed by atoms with Crippen LogP contribution in [0.15, 0.2) is 11.1 Å². The van der Waals surface area contributed by atoms with E-state index >= 15 is 0 Å². The minimum Gasteiger partial charge on any atom is -0.481 e. The van der Waals surface area contributed by atoms with Gasteiger partial charge in [-0.15, -0.1) is 0 Å². The second-order valence-electron chi connectivity index (χ2n) is 4.23. The van der Waals surface area contributed by atoms with Crippen molar-refractivity contribution in [3.63, 3.8) is 0 Å². The summed E-state index contributed by atoms with van der Waals surface area (Å²) in [7, 11) is 0. The van der Waals surface area contributed by atoms with Crippen LogP contribution in [0.25, 0.3) is 0 Å². The predicted molar refractivity (Wildman–Crippen MR) is 68.0 cm³/mol. The molecule has 0 aliphatic carbocycles. The van der Waals surface area contributed by atoms with E-state index in [1.807, 2.05) is 0 Å². The Labute approximate surface area is 109 Å². The summed E-state index contributed by atoms with van der Waals surface area (Å²) in [5.74, 6) is -0.731. The van der Waals surface area contributed by atoms with Crippen LogP contribution < -0.4 is 5.32 Å². The van der Waals surface area contributed by atoms with Gasteiger partial charge in [0.15, 0.2) is 0 Å². The smallest absolute Gasteiger partial charge is 0.317 e. The Morgan fingerprint density at radius 3 is 2.82 bits per heavy atom. The first kappa shape index (κ1) is 14.0. The maximum absolute atomic E-state index is 11.7. The molecule has 96 valence electrons. The third-order valence-electron chi connectivity index (χ3n) is 2.70. The number of nitrogens with zero attached hydrogens (tertiary/aromatic N) is 1. The molecule has 6 heteroatoms. The molecule has 1 heterocycles. The van der Waals surface area contributed by atoms with Gasteiger partial charge in [0.05, 0.1) is 6.54 Å². The molecule has 0 radical (unpaired) electrons. The quantitative estimate of drug-likeness (QED) is 0.832. The summed E-state index contributed by atoms with van der Waals surface area (Å²) in [6.45, 7) is 5.23. The van der Waals surface area contributed by atoms with Crippen molar-refractivity contribution in [1.82, 2.24) is 10.2 Å². The zero-order valence-corrected chi connectivity index (χ0v) is 11.2. The first-order valence-corrected chi connectivity index (χ1v) is 6.36. The van der Waals surface area contributed by atoms with Crippen molar-refractivity contribution >= 4 is 27.9 Å². The molecule has 1 unspecified atom stereocenters.